The van der Waals surface area contributed by atoms with E-state index in [1.807, 2.05) is 71.0 Å². The van der Waals surface area contributed by atoms with Crippen LogP contribution in [0.4, 0.5) is 4.39 Å². The zero-order valence-corrected chi connectivity index (χ0v) is 21.3. The van der Waals surface area contributed by atoms with E-state index in [0.29, 0.717) is 18.5 Å². The minimum atomic E-state index is -0.327. The van der Waals surface area contributed by atoms with Crippen molar-refractivity contribution in [2.24, 2.45) is 0 Å². The number of carbonyl (C=O) groups excluding carboxylic acids is 2. The van der Waals surface area contributed by atoms with Crippen LogP contribution in [0.2, 0.25) is 0 Å². The first kappa shape index (κ1) is 27.5. The van der Waals surface area contributed by atoms with E-state index in [2.05, 4.69) is 16.5 Å². The lowest BCUT2D eigenvalue weighted by molar-refractivity contribution is -0.108. The van der Waals surface area contributed by atoms with Crippen LogP contribution in [-0.2, 0) is 11.3 Å². The van der Waals surface area contributed by atoms with Gasteiger partial charge in [-0.2, -0.15) is 0 Å². The highest BCUT2D eigenvalue weighted by Crippen LogP contribution is 2.42. The van der Waals surface area contributed by atoms with Crippen molar-refractivity contribution in [3.63, 3.8) is 0 Å². The van der Waals surface area contributed by atoms with Crippen molar-refractivity contribution in [1.29, 1.82) is 0 Å². The van der Waals surface area contributed by atoms with E-state index in [1.54, 1.807) is 18.2 Å². The number of aldehydes is 1. The van der Waals surface area contributed by atoms with Gasteiger partial charge in [0.15, 0.2) is 0 Å². The van der Waals surface area contributed by atoms with E-state index in [4.69, 9.17) is 0 Å². The van der Waals surface area contributed by atoms with Crippen molar-refractivity contribution in [2.45, 2.75) is 53.5 Å². The lowest BCUT2D eigenvalue weighted by Crippen LogP contribution is -2.23. The second-order valence-corrected chi connectivity index (χ2v) is 8.45. The Morgan fingerprint density at radius 1 is 1.06 bits per heavy atom. The molecular formula is C30H35FN2O2. The van der Waals surface area contributed by atoms with Crippen LogP contribution in [0, 0.1) is 5.82 Å². The maximum atomic E-state index is 13.7. The predicted molar refractivity (Wildman–Crippen MR) is 143 cm³/mol. The lowest BCUT2D eigenvalue weighted by Gasteiger charge is -2.16. The largest absolute Gasteiger partial charge is 0.343 e. The average Bonchev–Trinajstić information content (AvgIpc) is 3.19. The number of nitrogens with one attached hydrogen (secondary N) is 1. The molecule has 3 rings (SSSR count). The molecule has 1 heterocycles. The molecule has 1 N–H and O–H groups in total. The zero-order chi connectivity index (χ0) is 26.0. The maximum absolute atomic E-state index is 13.7. The Morgan fingerprint density at radius 2 is 1.66 bits per heavy atom. The third-order valence-corrected chi connectivity index (χ3v) is 5.47. The standard InChI is InChI=1S/C27H29FN2O2.C3H6/c1-5-19(4)29-27(32)24-23(20-10-7-6-8-11-20)26(21-12-14-22(28)15-13-21)30(16-9-17-31)25(24)18(2)3;1-3-2/h5-8,10-15,17-18H,9,16H2,1-4H3,(H,29,32);3H,1H2,2H3/b19-5+;. The molecule has 0 saturated carbocycles. The number of aromatic nitrogens is 1. The molecule has 0 fully saturated rings. The van der Waals surface area contributed by atoms with Crippen LogP contribution in [0.1, 0.15) is 63.0 Å². The molecule has 0 aliphatic heterocycles. The molecule has 0 unspecified atom stereocenters. The minimum Gasteiger partial charge on any atom is -0.343 e. The number of amides is 1. The van der Waals surface area contributed by atoms with Crippen molar-refractivity contribution in [3.8, 4) is 22.4 Å². The number of benzene rings is 2. The molecule has 1 aromatic heterocycles. The van der Waals surface area contributed by atoms with Gasteiger partial charge in [0.25, 0.3) is 5.91 Å². The van der Waals surface area contributed by atoms with Gasteiger partial charge in [0, 0.05) is 29.9 Å². The van der Waals surface area contributed by atoms with E-state index in [0.717, 1.165) is 40.1 Å². The summed E-state index contributed by atoms with van der Waals surface area (Å²) in [5.74, 6) is -0.506. The Bertz CT molecular complexity index is 1170. The molecule has 0 radical (unpaired) electrons. The van der Waals surface area contributed by atoms with E-state index in [1.165, 1.54) is 12.1 Å². The Balaban J connectivity index is 0.00000137. The van der Waals surface area contributed by atoms with E-state index < -0.39 is 0 Å². The van der Waals surface area contributed by atoms with Gasteiger partial charge in [-0.15, -0.1) is 6.58 Å². The summed E-state index contributed by atoms with van der Waals surface area (Å²) in [5, 5.41) is 2.99. The quantitative estimate of drug-likeness (QED) is 0.271. The number of hydrogen-bond donors (Lipinski definition) is 1. The molecular weight excluding hydrogens is 439 g/mol. The summed E-state index contributed by atoms with van der Waals surface area (Å²) < 4.78 is 15.8. The highest BCUT2D eigenvalue weighted by molar-refractivity contribution is 6.07. The fourth-order valence-electron chi connectivity index (χ4n) is 3.99. The number of allylic oxidation sites excluding steroid dienone is 3. The van der Waals surface area contributed by atoms with Crippen LogP contribution < -0.4 is 5.32 Å². The predicted octanol–water partition coefficient (Wildman–Crippen LogP) is 7.52. The summed E-state index contributed by atoms with van der Waals surface area (Å²) in [6, 6.07) is 16.0. The van der Waals surface area contributed by atoms with Gasteiger partial charge in [0.2, 0.25) is 0 Å². The van der Waals surface area contributed by atoms with Crippen LogP contribution >= 0.6 is 0 Å². The van der Waals surface area contributed by atoms with E-state index in [-0.39, 0.29) is 17.6 Å². The number of carbonyl (C=O) groups is 2. The summed E-state index contributed by atoms with van der Waals surface area (Å²) in [6.07, 6.45) is 4.79. The molecule has 35 heavy (non-hydrogen) atoms. The first-order valence-corrected chi connectivity index (χ1v) is 11.8. The number of rotatable bonds is 8. The van der Waals surface area contributed by atoms with Crippen molar-refractivity contribution in [1.82, 2.24) is 9.88 Å². The van der Waals surface area contributed by atoms with Crippen LogP contribution in [0.15, 0.2) is 79.0 Å². The lowest BCUT2D eigenvalue weighted by atomic mass is 9.94. The molecule has 0 saturated heterocycles. The second kappa shape index (κ2) is 13.2. The van der Waals surface area contributed by atoms with Crippen molar-refractivity contribution in [3.05, 3.63) is 96.1 Å². The molecule has 0 aliphatic carbocycles. The highest BCUT2D eigenvalue weighted by atomic mass is 19.1. The van der Waals surface area contributed by atoms with E-state index in [9.17, 15) is 14.0 Å². The highest BCUT2D eigenvalue weighted by Gasteiger charge is 2.30. The second-order valence-electron chi connectivity index (χ2n) is 8.45. The molecule has 0 atom stereocenters. The van der Waals surface area contributed by atoms with Crippen LogP contribution in [-0.4, -0.2) is 16.8 Å². The summed E-state index contributed by atoms with van der Waals surface area (Å²) >= 11 is 0. The number of hydrogen-bond acceptors (Lipinski definition) is 2. The van der Waals surface area contributed by atoms with Gasteiger partial charge >= 0.3 is 0 Å². The Hall–Kier alpha value is -3.73. The number of nitrogens with zero attached hydrogens (tertiary/aromatic N) is 1. The molecule has 5 heteroatoms. The molecule has 184 valence electrons. The van der Waals surface area contributed by atoms with Gasteiger partial charge in [0.1, 0.15) is 12.1 Å². The van der Waals surface area contributed by atoms with Gasteiger partial charge in [-0.05, 0) is 62.1 Å². The average molecular weight is 475 g/mol. The molecule has 3 aromatic rings. The number of halogens is 1. The monoisotopic (exact) mass is 474 g/mol. The molecule has 2 aromatic carbocycles. The Labute approximate surface area is 208 Å². The zero-order valence-electron chi connectivity index (χ0n) is 21.3. The fraction of sp³-hybridized carbons (Fsp3) is 0.267. The van der Waals surface area contributed by atoms with Gasteiger partial charge in [-0.3, -0.25) is 4.79 Å². The first-order chi connectivity index (χ1) is 16.8. The van der Waals surface area contributed by atoms with Crippen molar-refractivity contribution < 1.29 is 14.0 Å². The van der Waals surface area contributed by atoms with E-state index >= 15 is 0 Å². The van der Waals surface area contributed by atoms with Crippen LogP contribution in [0.25, 0.3) is 22.4 Å². The van der Waals surface area contributed by atoms with Gasteiger partial charge < -0.3 is 14.7 Å². The van der Waals surface area contributed by atoms with Crippen LogP contribution in [0.3, 0.4) is 0 Å². The molecule has 0 aliphatic rings. The van der Waals surface area contributed by atoms with Gasteiger partial charge in [0.05, 0.1) is 11.3 Å². The molecule has 0 spiro atoms. The van der Waals surface area contributed by atoms with Gasteiger partial charge in [-0.1, -0.05) is 56.3 Å². The first-order valence-electron chi connectivity index (χ1n) is 11.8. The SMILES string of the molecule is C/C=C(\C)NC(=O)c1c(-c2ccccc2)c(-c2ccc(F)cc2)n(CCC=O)c1C(C)C.C=CC. The Morgan fingerprint density at radius 3 is 2.17 bits per heavy atom. The van der Waals surface area contributed by atoms with Gasteiger partial charge in [-0.25, -0.2) is 4.39 Å². The summed E-state index contributed by atoms with van der Waals surface area (Å²) in [4.78, 5) is 24.8. The summed E-state index contributed by atoms with van der Waals surface area (Å²) in [5.41, 5.74) is 5.47. The topological polar surface area (TPSA) is 51.1 Å². The summed E-state index contributed by atoms with van der Waals surface area (Å²) in [6.45, 7) is 13.5. The van der Waals surface area contributed by atoms with Crippen molar-refractivity contribution >= 4 is 12.2 Å². The Kier molecular flexibility index (Phi) is 10.4. The maximum Gasteiger partial charge on any atom is 0.257 e. The third-order valence-electron chi connectivity index (χ3n) is 5.47. The molecule has 1 amide bonds. The smallest absolute Gasteiger partial charge is 0.257 e. The minimum absolute atomic E-state index is 0.0185. The van der Waals surface area contributed by atoms with Crippen LogP contribution in [0.5, 0.6) is 0 Å². The third kappa shape index (κ3) is 6.66. The fourth-order valence-corrected chi connectivity index (χ4v) is 3.99. The molecule has 0 bridgehead atoms. The van der Waals surface area contributed by atoms with Crippen molar-refractivity contribution in [2.75, 3.05) is 0 Å². The normalized spacial score (nSPS) is 11.0. The molecule has 4 nitrogen and oxygen atoms in total. The summed E-state index contributed by atoms with van der Waals surface area (Å²) in [7, 11) is 0.